The van der Waals surface area contributed by atoms with Gasteiger partial charge in [-0.3, -0.25) is 4.79 Å². The zero-order valence-electron chi connectivity index (χ0n) is 13.5. The summed E-state index contributed by atoms with van der Waals surface area (Å²) in [7, 11) is 1.55. The third-order valence-corrected chi connectivity index (χ3v) is 3.96. The molecule has 0 unspecified atom stereocenters. The highest BCUT2D eigenvalue weighted by Gasteiger charge is 2.30. The van der Waals surface area contributed by atoms with Crippen molar-refractivity contribution in [1.82, 2.24) is 4.98 Å². The minimum absolute atomic E-state index is 0.286. The molecule has 130 valence electrons. The van der Waals surface area contributed by atoms with E-state index in [0.717, 1.165) is 28.6 Å². The van der Waals surface area contributed by atoms with E-state index in [0.29, 0.717) is 11.4 Å². The van der Waals surface area contributed by atoms with E-state index in [1.807, 2.05) is 6.07 Å². The van der Waals surface area contributed by atoms with Crippen LogP contribution in [-0.4, -0.2) is 18.0 Å². The Morgan fingerprint density at radius 3 is 2.40 bits per heavy atom. The Hall–Kier alpha value is -2.96. The van der Waals surface area contributed by atoms with Gasteiger partial charge < -0.3 is 15.0 Å². The van der Waals surface area contributed by atoms with Gasteiger partial charge >= 0.3 is 6.18 Å². The second-order valence-corrected chi connectivity index (χ2v) is 5.57. The number of aryl methyl sites for hydroxylation is 1. The SMILES string of the molecule is COc1ccc2c(C)c(C(=O)Nc3ccc(C(F)(F)F)cc3)[nH]c2c1. The summed E-state index contributed by atoms with van der Waals surface area (Å²) in [4.78, 5) is 15.5. The van der Waals surface area contributed by atoms with E-state index < -0.39 is 17.6 Å². The quantitative estimate of drug-likeness (QED) is 0.717. The summed E-state index contributed by atoms with van der Waals surface area (Å²) in [5, 5.41) is 3.47. The molecule has 1 heterocycles. The van der Waals surface area contributed by atoms with Crippen molar-refractivity contribution >= 4 is 22.5 Å². The van der Waals surface area contributed by atoms with Gasteiger partial charge in [0.1, 0.15) is 11.4 Å². The zero-order valence-corrected chi connectivity index (χ0v) is 13.5. The van der Waals surface area contributed by atoms with Crippen LogP contribution in [0.5, 0.6) is 5.75 Å². The second kappa shape index (κ2) is 6.16. The summed E-state index contributed by atoms with van der Waals surface area (Å²) < 4.78 is 42.9. The summed E-state index contributed by atoms with van der Waals surface area (Å²) in [6.07, 6.45) is -4.41. The Morgan fingerprint density at radius 2 is 1.80 bits per heavy atom. The average molecular weight is 348 g/mol. The molecule has 0 spiro atoms. The highest BCUT2D eigenvalue weighted by atomic mass is 19.4. The number of carbonyl (C=O) groups is 1. The number of amides is 1. The van der Waals surface area contributed by atoms with Gasteiger partial charge in [-0.15, -0.1) is 0 Å². The third-order valence-electron chi connectivity index (χ3n) is 3.96. The molecule has 7 heteroatoms. The minimum Gasteiger partial charge on any atom is -0.497 e. The Balaban J connectivity index is 1.86. The first-order chi connectivity index (χ1) is 11.8. The van der Waals surface area contributed by atoms with E-state index in [1.165, 1.54) is 12.1 Å². The molecule has 0 fully saturated rings. The van der Waals surface area contributed by atoms with Gasteiger partial charge in [-0.2, -0.15) is 13.2 Å². The zero-order chi connectivity index (χ0) is 18.2. The molecule has 4 nitrogen and oxygen atoms in total. The van der Waals surface area contributed by atoms with Crippen LogP contribution in [-0.2, 0) is 6.18 Å². The molecule has 25 heavy (non-hydrogen) atoms. The molecule has 2 aromatic carbocycles. The van der Waals surface area contributed by atoms with Gasteiger partial charge in [-0.25, -0.2) is 0 Å². The maximum absolute atomic E-state index is 12.6. The summed E-state index contributed by atoms with van der Waals surface area (Å²) in [5.74, 6) is 0.232. The van der Waals surface area contributed by atoms with Crippen LogP contribution in [0.2, 0.25) is 0 Å². The Bertz CT molecular complexity index is 928. The molecule has 1 aromatic heterocycles. The first-order valence-corrected chi connectivity index (χ1v) is 7.44. The number of ether oxygens (including phenoxy) is 1. The summed E-state index contributed by atoms with van der Waals surface area (Å²) in [6.45, 7) is 1.80. The van der Waals surface area contributed by atoms with Gasteiger partial charge in [0, 0.05) is 22.7 Å². The van der Waals surface area contributed by atoms with E-state index in [9.17, 15) is 18.0 Å². The van der Waals surface area contributed by atoms with Crippen LogP contribution >= 0.6 is 0 Å². The molecular weight excluding hydrogens is 333 g/mol. The number of H-pyrrole nitrogens is 1. The molecule has 3 rings (SSSR count). The number of methoxy groups -OCH3 is 1. The molecule has 0 atom stereocenters. The van der Waals surface area contributed by atoms with Crippen LogP contribution in [0.1, 0.15) is 21.6 Å². The molecule has 0 radical (unpaired) electrons. The summed E-state index contributed by atoms with van der Waals surface area (Å²) >= 11 is 0. The van der Waals surface area contributed by atoms with Gasteiger partial charge in [-0.1, -0.05) is 0 Å². The van der Waals surface area contributed by atoms with Gasteiger partial charge in [0.25, 0.3) is 5.91 Å². The monoisotopic (exact) mass is 348 g/mol. The van der Waals surface area contributed by atoms with Crippen molar-refractivity contribution in [3.05, 3.63) is 59.3 Å². The lowest BCUT2D eigenvalue weighted by Crippen LogP contribution is -2.14. The van der Waals surface area contributed by atoms with Crippen LogP contribution in [0.3, 0.4) is 0 Å². The molecule has 0 saturated heterocycles. The molecule has 2 N–H and O–H groups in total. The number of nitrogens with one attached hydrogen (secondary N) is 2. The topological polar surface area (TPSA) is 54.1 Å². The Morgan fingerprint density at radius 1 is 1.12 bits per heavy atom. The van der Waals surface area contributed by atoms with Crippen molar-refractivity contribution in [2.24, 2.45) is 0 Å². The van der Waals surface area contributed by atoms with E-state index in [4.69, 9.17) is 4.74 Å². The normalized spacial score (nSPS) is 11.6. The minimum atomic E-state index is -4.41. The van der Waals surface area contributed by atoms with E-state index in [-0.39, 0.29) is 5.69 Å². The molecular formula is C18H15F3N2O2. The second-order valence-electron chi connectivity index (χ2n) is 5.57. The van der Waals surface area contributed by atoms with Crippen molar-refractivity contribution in [2.75, 3.05) is 12.4 Å². The van der Waals surface area contributed by atoms with Crippen LogP contribution < -0.4 is 10.1 Å². The van der Waals surface area contributed by atoms with Crippen LogP contribution in [0.4, 0.5) is 18.9 Å². The van der Waals surface area contributed by atoms with Crippen LogP contribution in [0.15, 0.2) is 42.5 Å². The number of anilines is 1. The van der Waals surface area contributed by atoms with Crippen molar-refractivity contribution in [3.8, 4) is 5.75 Å². The molecule has 1 amide bonds. The lowest BCUT2D eigenvalue weighted by atomic mass is 10.1. The fourth-order valence-corrected chi connectivity index (χ4v) is 2.61. The van der Waals surface area contributed by atoms with Crippen LogP contribution in [0, 0.1) is 6.92 Å². The number of aromatic nitrogens is 1. The average Bonchev–Trinajstić information content (AvgIpc) is 2.91. The van der Waals surface area contributed by atoms with Gasteiger partial charge in [-0.05, 0) is 48.9 Å². The smallest absolute Gasteiger partial charge is 0.416 e. The van der Waals surface area contributed by atoms with Gasteiger partial charge in [0.05, 0.1) is 12.7 Å². The third kappa shape index (κ3) is 3.31. The first kappa shape index (κ1) is 16.9. The number of benzene rings is 2. The molecule has 0 aliphatic rings. The highest BCUT2D eigenvalue weighted by molar-refractivity contribution is 6.07. The molecule has 0 aliphatic carbocycles. The first-order valence-electron chi connectivity index (χ1n) is 7.44. The van der Waals surface area contributed by atoms with E-state index in [1.54, 1.807) is 26.2 Å². The number of halogens is 3. The number of hydrogen-bond donors (Lipinski definition) is 2. The molecule has 3 aromatic rings. The van der Waals surface area contributed by atoms with Gasteiger partial charge in [0.15, 0.2) is 0 Å². The standard InChI is InChI=1S/C18H15F3N2O2/c1-10-14-8-7-13(25-2)9-15(14)23-16(10)17(24)22-12-5-3-11(4-6-12)18(19,20)21/h3-9,23H,1-2H3,(H,22,24). The molecule has 0 saturated carbocycles. The largest absolute Gasteiger partial charge is 0.497 e. The van der Waals surface area contributed by atoms with Gasteiger partial charge in [0.2, 0.25) is 0 Å². The fourth-order valence-electron chi connectivity index (χ4n) is 2.61. The number of alkyl halides is 3. The number of hydrogen-bond acceptors (Lipinski definition) is 2. The molecule has 0 bridgehead atoms. The van der Waals surface area contributed by atoms with Crippen molar-refractivity contribution in [1.29, 1.82) is 0 Å². The van der Waals surface area contributed by atoms with Crippen LogP contribution in [0.25, 0.3) is 10.9 Å². The lowest BCUT2D eigenvalue weighted by Gasteiger charge is -2.08. The number of aromatic amines is 1. The van der Waals surface area contributed by atoms with Crippen molar-refractivity contribution < 1.29 is 22.7 Å². The van der Waals surface area contributed by atoms with Crippen molar-refractivity contribution in [2.45, 2.75) is 13.1 Å². The van der Waals surface area contributed by atoms with Crippen molar-refractivity contribution in [3.63, 3.8) is 0 Å². The Kier molecular flexibility index (Phi) is 4.16. The predicted molar refractivity (Wildman–Crippen MR) is 89.0 cm³/mol. The summed E-state index contributed by atoms with van der Waals surface area (Å²) in [6, 6.07) is 9.72. The maximum Gasteiger partial charge on any atom is 0.416 e. The summed E-state index contributed by atoms with van der Waals surface area (Å²) in [5.41, 5.74) is 1.37. The van der Waals surface area contributed by atoms with E-state index in [2.05, 4.69) is 10.3 Å². The number of rotatable bonds is 3. The number of fused-ring (bicyclic) bond motifs is 1. The van der Waals surface area contributed by atoms with E-state index >= 15 is 0 Å². The maximum atomic E-state index is 12.6. The predicted octanol–water partition coefficient (Wildman–Crippen LogP) is 4.76. The highest BCUT2D eigenvalue weighted by Crippen LogP contribution is 2.30. The fraction of sp³-hybridized carbons (Fsp3) is 0.167. The Labute approximate surface area is 141 Å². The molecule has 0 aliphatic heterocycles. The number of carbonyl (C=O) groups excluding carboxylic acids is 1. The lowest BCUT2D eigenvalue weighted by molar-refractivity contribution is -0.137.